The maximum atomic E-state index is 12.5. The van der Waals surface area contributed by atoms with Gasteiger partial charge in [0.1, 0.15) is 6.61 Å². The molecule has 0 fully saturated rings. The van der Waals surface area contributed by atoms with Crippen LogP contribution in [0, 0.1) is 5.92 Å². The maximum absolute atomic E-state index is 12.5. The summed E-state index contributed by atoms with van der Waals surface area (Å²) in [5, 5.41) is 14.5. The molecule has 0 radical (unpaired) electrons. The number of nitrogens with one attached hydrogen (secondary N) is 2. The van der Waals surface area contributed by atoms with Gasteiger partial charge in [0.15, 0.2) is 6.10 Å². The lowest BCUT2D eigenvalue weighted by Gasteiger charge is -2.25. The highest BCUT2D eigenvalue weighted by atomic mass is 16.5. The molecule has 0 aromatic heterocycles. The Morgan fingerprint density at radius 1 is 1.06 bits per heavy atom. The van der Waals surface area contributed by atoms with Gasteiger partial charge in [-0.1, -0.05) is 60.7 Å². The zero-order valence-corrected chi connectivity index (χ0v) is 18.9. The van der Waals surface area contributed by atoms with Crippen LogP contribution in [0.1, 0.15) is 29.9 Å². The van der Waals surface area contributed by atoms with E-state index in [1.807, 2.05) is 36.4 Å². The molecule has 2 aliphatic rings. The minimum absolute atomic E-state index is 0.0264. The first-order valence-corrected chi connectivity index (χ1v) is 11.3. The molecule has 34 heavy (non-hydrogen) atoms. The Hall–Kier alpha value is -3.65. The van der Waals surface area contributed by atoms with Crippen LogP contribution in [-0.2, 0) is 19.1 Å². The summed E-state index contributed by atoms with van der Waals surface area (Å²) >= 11 is 0. The van der Waals surface area contributed by atoms with Gasteiger partial charge in [-0.25, -0.2) is 9.59 Å². The van der Waals surface area contributed by atoms with Crippen LogP contribution in [0.3, 0.4) is 0 Å². The maximum Gasteiger partial charge on any atom is 0.407 e. The van der Waals surface area contributed by atoms with Crippen molar-refractivity contribution in [3.63, 3.8) is 0 Å². The summed E-state index contributed by atoms with van der Waals surface area (Å²) in [5.41, 5.74) is 4.60. The van der Waals surface area contributed by atoms with Crippen molar-refractivity contribution in [2.24, 2.45) is 5.92 Å². The van der Waals surface area contributed by atoms with Gasteiger partial charge in [-0.2, -0.15) is 0 Å². The molecule has 0 aliphatic heterocycles. The monoisotopic (exact) mass is 464 g/mol. The number of benzene rings is 2. The Labute approximate surface area is 198 Å². The van der Waals surface area contributed by atoms with Crippen LogP contribution in [0.15, 0.2) is 60.7 Å². The second kappa shape index (κ2) is 10.5. The van der Waals surface area contributed by atoms with Crippen molar-refractivity contribution < 1.29 is 29.0 Å². The standard InChI is InChI=1S/C26H28N2O6/c1-33-23(25(30)31)14-27-24(29)16-7-6-8-17(13-16)28-26(32)34-15-22-20-11-4-2-9-18(20)19-10-3-5-12-21(19)22/h2-6,8-12,16-17,22-23H,7,13-15H2,1H3,(H,27,29)(H,28,32)(H,30,31). The number of rotatable bonds is 8. The molecule has 3 unspecified atom stereocenters. The average molecular weight is 465 g/mol. The van der Waals surface area contributed by atoms with E-state index in [0.717, 1.165) is 22.3 Å². The summed E-state index contributed by atoms with van der Waals surface area (Å²) in [5.74, 6) is -1.81. The van der Waals surface area contributed by atoms with Crippen LogP contribution in [0.4, 0.5) is 4.79 Å². The Morgan fingerprint density at radius 3 is 2.32 bits per heavy atom. The summed E-state index contributed by atoms with van der Waals surface area (Å²) in [6.07, 6.45) is 2.96. The van der Waals surface area contributed by atoms with Crippen LogP contribution in [0.2, 0.25) is 0 Å². The molecule has 0 saturated heterocycles. The number of hydrogen-bond acceptors (Lipinski definition) is 5. The van der Waals surface area contributed by atoms with Crippen molar-refractivity contribution in [1.82, 2.24) is 10.6 Å². The number of carboxylic acid groups (broad SMARTS) is 1. The van der Waals surface area contributed by atoms with Crippen LogP contribution in [0.5, 0.6) is 0 Å². The molecule has 2 aliphatic carbocycles. The fraction of sp³-hybridized carbons (Fsp3) is 0.346. The van der Waals surface area contributed by atoms with E-state index in [-0.39, 0.29) is 36.9 Å². The van der Waals surface area contributed by atoms with Crippen molar-refractivity contribution in [3.8, 4) is 11.1 Å². The minimum Gasteiger partial charge on any atom is -0.479 e. The van der Waals surface area contributed by atoms with E-state index in [9.17, 15) is 14.4 Å². The van der Waals surface area contributed by atoms with Crippen molar-refractivity contribution in [2.45, 2.75) is 30.9 Å². The van der Waals surface area contributed by atoms with Crippen LogP contribution >= 0.6 is 0 Å². The molecule has 2 aromatic rings. The normalized spacial score (nSPS) is 19.6. The van der Waals surface area contributed by atoms with E-state index in [0.29, 0.717) is 12.8 Å². The van der Waals surface area contributed by atoms with Crippen molar-refractivity contribution in [2.75, 3.05) is 20.3 Å². The Morgan fingerprint density at radius 2 is 1.71 bits per heavy atom. The number of amides is 2. The lowest BCUT2D eigenvalue weighted by atomic mass is 9.90. The number of alkyl carbamates (subject to hydrolysis) is 1. The number of allylic oxidation sites excluding steroid dienone is 1. The molecule has 3 N–H and O–H groups in total. The lowest BCUT2D eigenvalue weighted by molar-refractivity contribution is -0.148. The first kappa shape index (κ1) is 23.5. The van der Waals surface area contributed by atoms with Crippen LogP contribution in [0.25, 0.3) is 11.1 Å². The average Bonchev–Trinajstić information content (AvgIpc) is 3.16. The topological polar surface area (TPSA) is 114 Å². The van der Waals surface area contributed by atoms with Crippen molar-refractivity contribution in [3.05, 3.63) is 71.8 Å². The largest absolute Gasteiger partial charge is 0.479 e. The highest BCUT2D eigenvalue weighted by molar-refractivity contribution is 5.81. The molecular formula is C26H28N2O6. The molecule has 8 nitrogen and oxygen atoms in total. The zero-order chi connectivity index (χ0) is 24.1. The molecule has 2 amide bonds. The zero-order valence-electron chi connectivity index (χ0n) is 18.9. The van der Waals surface area contributed by atoms with Gasteiger partial charge < -0.3 is 25.2 Å². The third-order valence-corrected chi connectivity index (χ3v) is 6.37. The first-order chi connectivity index (χ1) is 16.5. The molecular weight excluding hydrogens is 436 g/mol. The van der Waals surface area contributed by atoms with Crippen molar-refractivity contribution >= 4 is 18.0 Å². The first-order valence-electron chi connectivity index (χ1n) is 11.3. The van der Waals surface area contributed by atoms with Gasteiger partial charge >= 0.3 is 12.1 Å². The van der Waals surface area contributed by atoms with E-state index < -0.39 is 18.2 Å². The number of fused-ring (bicyclic) bond motifs is 3. The van der Waals surface area contributed by atoms with Gasteiger partial charge in [-0.05, 0) is 35.1 Å². The fourth-order valence-corrected chi connectivity index (χ4v) is 4.61. The van der Waals surface area contributed by atoms with E-state index >= 15 is 0 Å². The van der Waals surface area contributed by atoms with Gasteiger partial charge in [0, 0.05) is 18.9 Å². The smallest absolute Gasteiger partial charge is 0.407 e. The Bertz CT molecular complexity index is 1050. The number of methoxy groups -OCH3 is 1. The molecule has 0 bridgehead atoms. The van der Waals surface area contributed by atoms with Gasteiger partial charge in [0.05, 0.1) is 12.6 Å². The van der Waals surface area contributed by atoms with Crippen molar-refractivity contribution in [1.29, 1.82) is 0 Å². The minimum atomic E-state index is -1.14. The fourth-order valence-electron chi connectivity index (χ4n) is 4.61. The SMILES string of the molecule is COC(CNC(=O)C1CC=CC(NC(=O)OCC2c3ccccc3-c3ccccc32)C1)C(=O)O. The third-order valence-electron chi connectivity index (χ3n) is 6.37. The number of ether oxygens (including phenoxy) is 2. The van der Waals surface area contributed by atoms with Gasteiger partial charge in [-0.3, -0.25) is 4.79 Å². The molecule has 2 aromatic carbocycles. The molecule has 3 atom stereocenters. The van der Waals surface area contributed by atoms with Crippen LogP contribution in [-0.4, -0.2) is 55.5 Å². The van der Waals surface area contributed by atoms with Crippen LogP contribution < -0.4 is 10.6 Å². The van der Waals surface area contributed by atoms with E-state index in [4.69, 9.17) is 14.6 Å². The summed E-state index contributed by atoms with van der Waals surface area (Å²) in [6.45, 7) is 0.100. The van der Waals surface area contributed by atoms with E-state index in [1.54, 1.807) is 0 Å². The summed E-state index contributed by atoms with van der Waals surface area (Å²) in [4.78, 5) is 36.1. The molecule has 8 heteroatoms. The van der Waals surface area contributed by atoms with E-state index in [2.05, 4.69) is 34.9 Å². The summed E-state index contributed by atoms with van der Waals surface area (Å²) < 4.78 is 10.4. The number of hydrogen-bond donors (Lipinski definition) is 3. The second-order valence-corrected chi connectivity index (χ2v) is 8.48. The third kappa shape index (κ3) is 5.12. The summed E-state index contributed by atoms with van der Waals surface area (Å²) in [7, 11) is 1.28. The van der Waals surface area contributed by atoms with E-state index in [1.165, 1.54) is 7.11 Å². The number of carbonyl (C=O) groups is 3. The molecule has 0 saturated carbocycles. The molecule has 4 rings (SSSR count). The second-order valence-electron chi connectivity index (χ2n) is 8.48. The number of carboxylic acids is 1. The molecule has 178 valence electrons. The lowest BCUT2D eigenvalue weighted by Crippen LogP contribution is -2.44. The highest BCUT2D eigenvalue weighted by Crippen LogP contribution is 2.44. The number of carbonyl (C=O) groups excluding carboxylic acids is 2. The highest BCUT2D eigenvalue weighted by Gasteiger charge is 2.30. The Kier molecular flexibility index (Phi) is 7.27. The van der Waals surface area contributed by atoms with Gasteiger partial charge in [0.25, 0.3) is 0 Å². The predicted octanol–water partition coefficient (Wildman–Crippen LogP) is 3.08. The molecule has 0 heterocycles. The predicted molar refractivity (Wildman–Crippen MR) is 125 cm³/mol. The Balaban J connectivity index is 1.30. The van der Waals surface area contributed by atoms with Gasteiger partial charge in [0.2, 0.25) is 5.91 Å². The molecule has 0 spiro atoms. The summed E-state index contributed by atoms with van der Waals surface area (Å²) in [6, 6.07) is 15.9. The quantitative estimate of drug-likeness (QED) is 0.518. The van der Waals surface area contributed by atoms with Gasteiger partial charge in [-0.15, -0.1) is 0 Å². The number of aliphatic carboxylic acids is 1.